The number of hydrogen-bond donors (Lipinski definition) is 2. The fourth-order valence-corrected chi connectivity index (χ4v) is 3.50. The third kappa shape index (κ3) is 5.92. The molecule has 2 unspecified atom stereocenters. The molecule has 0 saturated carbocycles. The Labute approximate surface area is 164 Å². The lowest BCUT2D eigenvalue weighted by Crippen LogP contribution is -2.48. The van der Waals surface area contributed by atoms with Crippen LogP contribution in [0.25, 0.3) is 0 Å². The maximum Gasteiger partial charge on any atom is 0.327 e. The van der Waals surface area contributed by atoms with Gasteiger partial charge in [0.1, 0.15) is 5.54 Å². The van der Waals surface area contributed by atoms with E-state index in [9.17, 15) is 19.8 Å². The molecule has 0 aliphatic carbocycles. The molecule has 0 aromatic heterocycles. The molecule has 0 radical (unpaired) electrons. The summed E-state index contributed by atoms with van der Waals surface area (Å²) >= 11 is 0. The summed E-state index contributed by atoms with van der Waals surface area (Å²) in [4.78, 5) is 28.3. The van der Waals surface area contributed by atoms with Crippen LogP contribution in [0.4, 0.5) is 4.79 Å². The zero-order valence-electron chi connectivity index (χ0n) is 18.5. The Hall–Kier alpha value is -1.14. The van der Waals surface area contributed by atoms with E-state index in [4.69, 9.17) is 0 Å². The number of β-amino-alcohol motifs (C(OH)–C–C–N with tert-alkyl or cyclic N) is 2. The molecule has 0 aromatic carbocycles. The van der Waals surface area contributed by atoms with Crippen molar-refractivity contribution in [2.45, 2.75) is 98.8 Å². The number of rotatable bonds is 10. The van der Waals surface area contributed by atoms with Crippen molar-refractivity contribution in [3.8, 4) is 0 Å². The fourth-order valence-electron chi connectivity index (χ4n) is 3.50. The number of urea groups is 1. The molecule has 0 aromatic rings. The highest BCUT2D eigenvalue weighted by atomic mass is 16.3. The first-order valence-electron chi connectivity index (χ1n) is 10.2. The maximum atomic E-state index is 12.9. The second-order valence-electron chi connectivity index (χ2n) is 10.1. The second kappa shape index (κ2) is 8.48. The Morgan fingerprint density at radius 1 is 0.889 bits per heavy atom. The first kappa shape index (κ1) is 23.9. The summed E-state index contributed by atoms with van der Waals surface area (Å²) in [7, 11) is 0. The molecule has 0 spiro atoms. The van der Waals surface area contributed by atoms with Gasteiger partial charge in [0, 0.05) is 6.54 Å². The number of aliphatic hydroxyl groups excluding tert-OH is 2. The Morgan fingerprint density at radius 3 is 1.70 bits per heavy atom. The number of carbonyl (C=O) groups excluding carboxylic acids is 2. The van der Waals surface area contributed by atoms with Crippen LogP contribution in [0.15, 0.2) is 0 Å². The number of aliphatic hydroxyl groups is 2. The molecule has 1 aliphatic heterocycles. The summed E-state index contributed by atoms with van der Waals surface area (Å²) in [5.74, 6) is -0.317. The lowest BCUT2D eigenvalue weighted by Gasteiger charge is -2.32. The Balaban J connectivity index is 2.86. The van der Waals surface area contributed by atoms with Crippen molar-refractivity contribution < 1.29 is 19.8 Å². The largest absolute Gasteiger partial charge is 0.391 e. The third-order valence-electron chi connectivity index (χ3n) is 6.18. The van der Waals surface area contributed by atoms with E-state index in [1.54, 1.807) is 13.8 Å². The Kier molecular flexibility index (Phi) is 7.50. The van der Waals surface area contributed by atoms with Gasteiger partial charge in [0.25, 0.3) is 5.91 Å². The van der Waals surface area contributed by atoms with Gasteiger partial charge in [-0.1, -0.05) is 54.4 Å². The molecule has 2 atom stereocenters. The van der Waals surface area contributed by atoms with E-state index in [0.29, 0.717) is 12.8 Å². The summed E-state index contributed by atoms with van der Waals surface area (Å²) < 4.78 is 0. The maximum absolute atomic E-state index is 12.9. The van der Waals surface area contributed by atoms with Crippen molar-refractivity contribution in [2.24, 2.45) is 10.8 Å². The van der Waals surface area contributed by atoms with Gasteiger partial charge in [0.2, 0.25) is 0 Å². The van der Waals surface area contributed by atoms with E-state index in [-0.39, 0.29) is 29.8 Å². The molecule has 1 saturated heterocycles. The normalized spacial score (nSPS) is 20.4. The average molecular weight is 385 g/mol. The van der Waals surface area contributed by atoms with Crippen LogP contribution < -0.4 is 0 Å². The molecule has 6 heteroatoms. The van der Waals surface area contributed by atoms with Gasteiger partial charge in [0.15, 0.2) is 0 Å². The van der Waals surface area contributed by atoms with Crippen LogP contribution in [0.2, 0.25) is 0 Å². The minimum Gasteiger partial charge on any atom is -0.391 e. The van der Waals surface area contributed by atoms with Gasteiger partial charge in [-0.2, -0.15) is 0 Å². The summed E-state index contributed by atoms with van der Waals surface area (Å²) in [5, 5.41) is 20.9. The van der Waals surface area contributed by atoms with Crippen molar-refractivity contribution in [3.63, 3.8) is 0 Å². The summed E-state index contributed by atoms with van der Waals surface area (Å²) in [6.45, 7) is 15.9. The molecule has 1 heterocycles. The lowest BCUT2D eigenvalue weighted by molar-refractivity contribution is -0.133. The third-order valence-corrected chi connectivity index (χ3v) is 6.18. The second-order valence-corrected chi connectivity index (χ2v) is 10.1. The molecule has 6 nitrogen and oxygen atoms in total. The van der Waals surface area contributed by atoms with E-state index in [0.717, 1.165) is 17.7 Å². The molecule has 27 heavy (non-hydrogen) atoms. The van der Waals surface area contributed by atoms with E-state index < -0.39 is 23.8 Å². The molecule has 0 bridgehead atoms. The molecular formula is C21H40N2O4. The highest BCUT2D eigenvalue weighted by molar-refractivity contribution is 6.06. The van der Waals surface area contributed by atoms with Crippen LogP contribution >= 0.6 is 0 Å². The molecular weight excluding hydrogens is 344 g/mol. The van der Waals surface area contributed by atoms with Crippen molar-refractivity contribution in [1.82, 2.24) is 9.80 Å². The van der Waals surface area contributed by atoms with Gasteiger partial charge in [-0.25, -0.2) is 4.79 Å². The predicted molar refractivity (Wildman–Crippen MR) is 107 cm³/mol. The average Bonchev–Trinajstić information content (AvgIpc) is 2.68. The Morgan fingerprint density at radius 2 is 1.30 bits per heavy atom. The quantitative estimate of drug-likeness (QED) is 0.566. The summed E-state index contributed by atoms with van der Waals surface area (Å²) in [6.07, 6.45) is 1.46. The van der Waals surface area contributed by atoms with Gasteiger partial charge in [0.05, 0.1) is 18.8 Å². The van der Waals surface area contributed by atoms with Crippen LogP contribution in [0, 0.1) is 10.8 Å². The lowest BCUT2D eigenvalue weighted by atomic mass is 9.84. The monoisotopic (exact) mass is 384 g/mol. The van der Waals surface area contributed by atoms with Crippen LogP contribution in [0.5, 0.6) is 0 Å². The van der Waals surface area contributed by atoms with Crippen LogP contribution in [-0.4, -0.2) is 62.8 Å². The first-order valence-corrected chi connectivity index (χ1v) is 10.2. The van der Waals surface area contributed by atoms with Crippen LogP contribution in [0.1, 0.15) is 81.1 Å². The van der Waals surface area contributed by atoms with Crippen molar-refractivity contribution in [3.05, 3.63) is 0 Å². The zero-order chi connectivity index (χ0) is 21.2. The van der Waals surface area contributed by atoms with Crippen LogP contribution in [-0.2, 0) is 4.79 Å². The van der Waals surface area contributed by atoms with E-state index in [1.165, 1.54) is 4.90 Å². The summed E-state index contributed by atoms with van der Waals surface area (Å²) in [6, 6.07) is -0.424. The standard InChI is InChI=1S/C21H40N2O4/c1-9-19(3,4)11-15(24)13-22-17(26)21(7,8)23(18(22)27)14-16(25)12-20(5,6)10-2/h15-16,24-25H,9-14H2,1-8H3. The van der Waals surface area contributed by atoms with Crippen molar-refractivity contribution >= 4 is 11.9 Å². The zero-order valence-corrected chi connectivity index (χ0v) is 18.5. The molecule has 1 fully saturated rings. The van der Waals surface area contributed by atoms with Gasteiger partial charge in [-0.15, -0.1) is 0 Å². The minimum absolute atomic E-state index is 0.00241. The number of carbonyl (C=O) groups is 2. The van der Waals surface area contributed by atoms with E-state index in [1.807, 2.05) is 0 Å². The predicted octanol–water partition coefficient (Wildman–Crippen LogP) is 3.40. The molecule has 158 valence electrons. The number of nitrogens with zero attached hydrogens (tertiary/aromatic N) is 2. The highest BCUT2D eigenvalue weighted by Crippen LogP contribution is 2.32. The number of hydrogen-bond acceptors (Lipinski definition) is 4. The van der Waals surface area contributed by atoms with Crippen molar-refractivity contribution in [1.29, 1.82) is 0 Å². The molecule has 1 rings (SSSR count). The van der Waals surface area contributed by atoms with Gasteiger partial charge >= 0.3 is 6.03 Å². The van der Waals surface area contributed by atoms with Crippen molar-refractivity contribution in [2.75, 3.05) is 13.1 Å². The van der Waals surface area contributed by atoms with E-state index in [2.05, 4.69) is 41.5 Å². The topological polar surface area (TPSA) is 81.1 Å². The van der Waals surface area contributed by atoms with Crippen LogP contribution in [0.3, 0.4) is 0 Å². The Bertz CT molecular complexity index is 542. The fraction of sp³-hybridized carbons (Fsp3) is 0.905. The van der Waals surface area contributed by atoms with Gasteiger partial charge in [-0.05, 0) is 37.5 Å². The minimum atomic E-state index is -1.02. The molecule has 1 aliphatic rings. The van der Waals surface area contributed by atoms with Gasteiger partial charge < -0.3 is 15.1 Å². The highest BCUT2D eigenvalue weighted by Gasteiger charge is 2.52. The molecule has 2 N–H and O–H groups in total. The molecule has 3 amide bonds. The smallest absolute Gasteiger partial charge is 0.327 e. The number of imide groups is 1. The SMILES string of the molecule is CCC(C)(C)CC(O)CN1C(=O)N(CC(O)CC(C)(C)CC)C(C)(C)C1=O. The first-order chi connectivity index (χ1) is 12.2. The van der Waals surface area contributed by atoms with E-state index >= 15 is 0 Å². The van der Waals surface area contributed by atoms with Gasteiger partial charge in [-0.3, -0.25) is 9.69 Å². The summed E-state index contributed by atoms with van der Waals surface area (Å²) in [5.41, 5.74) is -1.10. The number of amides is 3.